The maximum Gasteiger partial charge on any atom is 0.137 e. The Labute approximate surface area is 325 Å². The number of benzene rings is 9. The van der Waals surface area contributed by atoms with Gasteiger partial charge in [0, 0.05) is 38.6 Å². The number of fused-ring (bicyclic) bond motifs is 8. The lowest BCUT2D eigenvalue weighted by Gasteiger charge is -2.26. The molecule has 0 aliphatic heterocycles. The molecule has 0 radical (unpaired) electrons. The summed E-state index contributed by atoms with van der Waals surface area (Å²) in [4.78, 5) is 2.18. The molecule has 0 saturated heterocycles. The molecule has 2 aromatic heterocycles. The Balaban J connectivity index is 1.06. The maximum absolute atomic E-state index is 8.59. The molecule has 11 aromatic rings. The van der Waals surface area contributed by atoms with Crippen molar-refractivity contribution < 1.29 is 11.3 Å². The minimum Gasteiger partial charge on any atom is -0.456 e. The third-order valence-corrected chi connectivity index (χ3v) is 10.7. The van der Waals surface area contributed by atoms with Gasteiger partial charge < -0.3 is 13.9 Å². The summed E-state index contributed by atoms with van der Waals surface area (Å²) in [6.45, 7) is 0. The first-order valence-corrected chi connectivity index (χ1v) is 18.4. The normalized spacial score (nSPS) is 12.9. The van der Waals surface area contributed by atoms with Gasteiger partial charge in [0.1, 0.15) is 11.2 Å². The predicted octanol–water partition coefficient (Wildman–Crippen LogP) is 14.6. The van der Waals surface area contributed by atoms with Crippen LogP contribution < -0.4 is 4.90 Å². The van der Waals surface area contributed by atoms with E-state index < -0.39 is 6.04 Å². The molecule has 0 aliphatic carbocycles. The largest absolute Gasteiger partial charge is 0.456 e. The summed E-state index contributed by atoms with van der Waals surface area (Å²) in [5, 5.41) is 6.78. The van der Waals surface area contributed by atoms with E-state index >= 15 is 0 Å². The molecule has 0 saturated carbocycles. The molecule has 0 spiro atoms. The van der Waals surface area contributed by atoms with Gasteiger partial charge in [0.05, 0.1) is 29.0 Å². The zero-order valence-electron chi connectivity index (χ0n) is 34.5. The highest BCUT2D eigenvalue weighted by Gasteiger charge is 2.20. The number of hydrogen-bond donors (Lipinski definition) is 0. The van der Waals surface area contributed by atoms with Crippen molar-refractivity contribution in [2.24, 2.45) is 0 Å². The Morgan fingerprint density at radius 3 is 1.87 bits per heavy atom. The number of anilines is 3. The van der Waals surface area contributed by atoms with Gasteiger partial charge in [-0.2, -0.15) is 0 Å². The average molecular weight is 708 g/mol. The van der Waals surface area contributed by atoms with Crippen LogP contribution in [0.1, 0.15) is 6.85 Å². The van der Waals surface area contributed by atoms with E-state index in [4.69, 9.17) is 11.3 Å². The van der Waals surface area contributed by atoms with Crippen LogP contribution in [-0.4, -0.2) is 4.57 Å². The second-order valence-corrected chi connectivity index (χ2v) is 13.8. The highest BCUT2D eigenvalue weighted by atomic mass is 16.3. The topological polar surface area (TPSA) is 21.3 Å². The van der Waals surface area contributed by atoms with Crippen molar-refractivity contribution in [3.05, 3.63) is 206 Å². The summed E-state index contributed by atoms with van der Waals surface area (Å²) in [6, 6.07) is 58.9. The lowest BCUT2D eigenvalue weighted by atomic mass is 10.0. The fourth-order valence-electron chi connectivity index (χ4n) is 8.15. The summed E-state index contributed by atoms with van der Waals surface area (Å²) < 4.78 is 50.5. The SMILES string of the molecule is [2H]c1c([2H])c([2H])c(-c2ccc(N(c3ccc(-c4ccc5c6ccc7ccccc7c6n(-c6ccccc6)c5c4)cc3)c3cccc4oc5ccccc5c34)cc2)c([2H])c1[2H]. The lowest BCUT2D eigenvalue weighted by Crippen LogP contribution is -2.10. The van der Waals surface area contributed by atoms with Gasteiger partial charge in [-0.25, -0.2) is 0 Å². The molecule has 3 nitrogen and oxygen atoms in total. The van der Waals surface area contributed by atoms with Crippen molar-refractivity contribution in [3.63, 3.8) is 0 Å². The van der Waals surface area contributed by atoms with E-state index in [2.05, 4.69) is 131 Å². The van der Waals surface area contributed by atoms with Crippen molar-refractivity contribution in [2.75, 3.05) is 4.90 Å². The van der Waals surface area contributed by atoms with E-state index in [1.807, 2.05) is 54.6 Å². The molecular formula is C52H34N2O. The van der Waals surface area contributed by atoms with Gasteiger partial charge in [-0.15, -0.1) is 0 Å². The van der Waals surface area contributed by atoms with Gasteiger partial charge >= 0.3 is 0 Å². The van der Waals surface area contributed by atoms with Crippen LogP contribution in [0.5, 0.6) is 0 Å². The van der Waals surface area contributed by atoms with Gasteiger partial charge in [-0.1, -0.05) is 145 Å². The van der Waals surface area contributed by atoms with Crippen molar-refractivity contribution >= 4 is 71.6 Å². The molecule has 9 aromatic carbocycles. The van der Waals surface area contributed by atoms with Gasteiger partial charge in [0.15, 0.2) is 0 Å². The van der Waals surface area contributed by atoms with Crippen LogP contribution >= 0.6 is 0 Å². The molecule has 55 heavy (non-hydrogen) atoms. The molecule has 11 rings (SSSR count). The molecule has 0 amide bonds. The van der Waals surface area contributed by atoms with E-state index in [0.29, 0.717) is 5.56 Å². The first-order valence-electron chi connectivity index (χ1n) is 20.9. The number of rotatable bonds is 6. The van der Waals surface area contributed by atoms with E-state index in [1.165, 1.54) is 27.1 Å². The Kier molecular flexibility index (Phi) is 6.07. The first-order chi connectivity index (χ1) is 29.4. The van der Waals surface area contributed by atoms with Crippen LogP contribution in [0.2, 0.25) is 0 Å². The molecule has 3 heteroatoms. The van der Waals surface area contributed by atoms with E-state index in [9.17, 15) is 0 Å². The standard InChI is InChI=1S/C52H34N2O/c1-3-12-35(13-4-1)36-22-28-41(29-23-36)53(47-19-11-21-50-51(47)46-18-9-10-20-49(46)55-50)42-30-24-37(25-31-42)39-27-32-44-45-33-26-38-14-7-8-17-43(38)52(45)54(48(44)34-39)40-15-5-2-6-16-40/h1-34H/i1D,3D,4D,12D,13D. The summed E-state index contributed by atoms with van der Waals surface area (Å²) in [5.41, 5.74) is 10.5. The quantitative estimate of drug-likeness (QED) is 0.172. The van der Waals surface area contributed by atoms with Gasteiger partial charge in [0.25, 0.3) is 0 Å². The van der Waals surface area contributed by atoms with Crippen molar-refractivity contribution in [1.82, 2.24) is 4.57 Å². The molecule has 0 atom stereocenters. The van der Waals surface area contributed by atoms with Crippen molar-refractivity contribution in [2.45, 2.75) is 0 Å². The monoisotopic (exact) mass is 707 g/mol. The van der Waals surface area contributed by atoms with Crippen LogP contribution in [0.15, 0.2) is 211 Å². The van der Waals surface area contributed by atoms with Crippen LogP contribution in [0, 0.1) is 0 Å². The van der Waals surface area contributed by atoms with Crippen LogP contribution in [0.3, 0.4) is 0 Å². The number of para-hydroxylation sites is 2. The van der Waals surface area contributed by atoms with Crippen LogP contribution in [-0.2, 0) is 0 Å². The Morgan fingerprint density at radius 2 is 1.09 bits per heavy atom. The second-order valence-electron chi connectivity index (χ2n) is 13.8. The fourth-order valence-corrected chi connectivity index (χ4v) is 8.15. The second kappa shape index (κ2) is 12.6. The summed E-state index contributed by atoms with van der Waals surface area (Å²) in [7, 11) is 0. The number of aromatic nitrogens is 1. The number of hydrogen-bond acceptors (Lipinski definition) is 2. The number of nitrogens with zero attached hydrogens (tertiary/aromatic N) is 2. The molecule has 0 N–H and O–H groups in total. The summed E-state index contributed by atoms with van der Waals surface area (Å²) in [5.74, 6) is 0. The summed E-state index contributed by atoms with van der Waals surface area (Å²) >= 11 is 0. The molecule has 0 fully saturated rings. The molecular weight excluding hydrogens is 669 g/mol. The van der Waals surface area contributed by atoms with Crippen molar-refractivity contribution in [3.8, 4) is 27.9 Å². The minimum absolute atomic E-state index is 0.169. The van der Waals surface area contributed by atoms with Gasteiger partial charge in [-0.3, -0.25) is 0 Å². The summed E-state index contributed by atoms with van der Waals surface area (Å²) in [6.07, 6.45) is 0. The highest BCUT2D eigenvalue weighted by molar-refractivity contribution is 6.19. The Morgan fingerprint density at radius 1 is 0.455 bits per heavy atom. The molecule has 0 unspecified atom stereocenters. The maximum atomic E-state index is 8.59. The predicted molar refractivity (Wildman–Crippen MR) is 231 cm³/mol. The third-order valence-electron chi connectivity index (χ3n) is 10.7. The minimum atomic E-state index is -0.410. The van der Waals surface area contributed by atoms with Crippen molar-refractivity contribution in [1.29, 1.82) is 0 Å². The first kappa shape index (κ1) is 26.4. The van der Waals surface area contributed by atoms with Crippen LogP contribution in [0.25, 0.3) is 82.5 Å². The van der Waals surface area contributed by atoms with E-state index in [1.54, 1.807) is 0 Å². The molecule has 0 bridgehead atoms. The highest BCUT2D eigenvalue weighted by Crippen LogP contribution is 2.44. The van der Waals surface area contributed by atoms with E-state index in [-0.39, 0.29) is 29.7 Å². The Hall–Kier alpha value is -7.36. The molecule has 2 heterocycles. The van der Waals surface area contributed by atoms with Crippen LogP contribution in [0.4, 0.5) is 17.1 Å². The zero-order chi connectivity index (χ0) is 40.6. The average Bonchev–Trinajstić information content (AvgIpc) is 3.85. The zero-order valence-corrected chi connectivity index (χ0v) is 29.5. The number of furan rings is 1. The van der Waals surface area contributed by atoms with Gasteiger partial charge in [0.2, 0.25) is 0 Å². The fraction of sp³-hybridized carbons (Fsp3) is 0. The van der Waals surface area contributed by atoms with E-state index in [0.717, 1.165) is 61.3 Å². The van der Waals surface area contributed by atoms with Gasteiger partial charge in [-0.05, 0) is 88.3 Å². The Bertz CT molecular complexity index is 3450. The molecule has 0 aliphatic rings. The smallest absolute Gasteiger partial charge is 0.137 e. The lowest BCUT2D eigenvalue weighted by molar-refractivity contribution is 0.669. The molecule has 258 valence electrons. The third kappa shape index (κ3) is 5.13.